The van der Waals surface area contributed by atoms with E-state index in [1.807, 2.05) is 6.07 Å². The molecule has 1 aromatic carbocycles. The van der Waals surface area contributed by atoms with E-state index in [1.54, 1.807) is 23.9 Å². The molecule has 2 atom stereocenters. The zero-order chi connectivity index (χ0) is 16.6. The molecular weight excluding hydrogens is 354 g/mol. The number of carbonyl (C=O) groups is 1. The summed E-state index contributed by atoms with van der Waals surface area (Å²) in [7, 11) is 2.89. The van der Waals surface area contributed by atoms with Gasteiger partial charge in [0, 0.05) is 16.5 Å². The number of fused-ring (bicyclic) bond motifs is 1. The molecule has 0 spiro atoms. The fourth-order valence-corrected chi connectivity index (χ4v) is 5.57. The van der Waals surface area contributed by atoms with Gasteiger partial charge in [-0.3, -0.25) is 4.79 Å². The molecule has 0 fully saturated rings. The molecule has 2 N–H and O–H groups in total. The molecule has 8 heteroatoms. The summed E-state index contributed by atoms with van der Waals surface area (Å²) in [5, 5.41) is 11.1. The standard InChI is InChI=1S/C15H15NO4S3/c1-19-10-4-3-7(5-9(10)17)11-8(14(18)20-2)6-22-13-12(11)23-15(21)16-13/h3-5,8,11,17H,6H2,1-2H3,(H,16,21). The number of esters is 1. The lowest BCUT2D eigenvalue weighted by atomic mass is 9.85. The Balaban J connectivity index is 2.12. The van der Waals surface area contributed by atoms with Gasteiger partial charge in [-0.15, -0.1) is 23.1 Å². The maximum Gasteiger partial charge on any atom is 0.310 e. The summed E-state index contributed by atoms with van der Waals surface area (Å²) in [6, 6.07) is 5.20. The molecule has 0 aliphatic carbocycles. The van der Waals surface area contributed by atoms with Crippen LogP contribution >= 0.6 is 35.3 Å². The summed E-state index contributed by atoms with van der Waals surface area (Å²) in [5.74, 6) is 0.255. The van der Waals surface area contributed by atoms with Gasteiger partial charge in [-0.1, -0.05) is 6.07 Å². The van der Waals surface area contributed by atoms with E-state index in [9.17, 15) is 9.90 Å². The molecule has 0 bridgehead atoms. The van der Waals surface area contributed by atoms with E-state index in [-0.39, 0.29) is 23.6 Å². The lowest BCUT2D eigenvalue weighted by molar-refractivity contribution is -0.145. The first kappa shape index (κ1) is 16.4. The van der Waals surface area contributed by atoms with Gasteiger partial charge in [-0.05, 0) is 29.9 Å². The van der Waals surface area contributed by atoms with Crippen LogP contribution in [-0.2, 0) is 9.53 Å². The minimum Gasteiger partial charge on any atom is -0.504 e. The number of ether oxygens (including phenoxy) is 2. The maximum absolute atomic E-state index is 12.2. The fourth-order valence-electron chi connectivity index (χ4n) is 2.73. The number of hydrogen-bond acceptors (Lipinski definition) is 7. The van der Waals surface area contributed by atoms with Crippen LogP contribution in [0.15, 0.2) is 23.2 Å². The summed E-state index contributed by atoms with van der Waals surface area (Å²) in [6.45, 7) is 0. The van der Waals surface area contributed by atoms with Crippen molar-refractivity contribution < 1.29 is 19.4 Å². The molecule has 1 aliphatic heterocycles. The normalized spacial score (nSPS) is 19.9. The van der Waals surface area contributed by atoms with E-state index in [0.717, 1.165) is 15.5 Å². The fraction of sp³-hybridized carbons (Fsp3) is 0.333. The predicted molar refractivity (Wildman–Crippen MR) is 92.2 cm³/mol. The van der Waals surface area contributed by atoms with Gasteiger partial charge >= 0.3 is 5.97 Å². The lowest BCUT2D eigenvalue weighted by Crippen LogP contribution is -2.29. The third-order valence-corrected chi connectivity index (χ3v) is 6.38. The van der Waals surface area contributed by atoms with Crippen molar-refractivity contribution in [3.63, 3.8) is 0 Å². The number of carbonyl (C=O) groups excluding carboxylic acids is 1. The van der Waals surface area contributed by atoms with Crippen molar-refractivity contribution in [3.8, 4) is 11.5 Å². The van der Waals surface area contributed by atoms with Crippen LogP contribution in [-0.4, -0.2) is 36.0 Å². The maximum atomic E-state index is 12.2. The molecule has 0 saturated heterocycles. The van der Waals surface area contributed by atoms with Gasteiger partial charge in [0.2, 0.25) is 0 Å². The average molecular weight is 369 g/mol. The molecule has 2 unspecified atom stereocenters. The smallest absolute Gasteiger partial charge is 0.310 e. The van der Waals surface area contributed by atoms with Crippen molar-refractivity contribution in [1.82, 2.24) is 4.98 Å². The van der Waals surface area contributed by atoms with E-state index in [4.69, 9.17) is 21.7 Å². The van der Waals surface area contributed by atoms with Crippen LogP contribution in [0.3, 0.4) is 0 Å². The number of phenols is 1. The van der Waals surface area contributed by atoms with Crippen molar-refractivity contribution in [2.45, 2.75) is 10.9 Å². The summed E-state index contributed by atoms with van der Waals surface area (Å²) in [5.41, 5.74) is 0.838. The third-order valence-electron chi connectivity index (χ3n) is 3.80. The molecular formula is C15H15NO4S3. The van der Waals surface area contributed by atoms with E-state index in [1.165, 1.54) is 25.6 Å². The highest BCUT2D eigenvalue weighted by Crippen LogP contribution is 2.47. The number of H-pyrrole nitrogens is 1. The molecule has 1 aromatic heterocycles. The third kappa shape index (κ3) is 2.98. The number of benzene rings is 1. The Hall–Kier alpha value is -1.51. The Labute approximate surface area is 146 Å². The summed E-state index contributed by atoms with van der Waals surface area (Å²) >= 11 is 8.28. The van der Waals surface area contributed by atoms with Gasteiger partial charge in [0.05, 0.1) is 25.2 Å². The molecule has 1 aliphatic rings. The van der Waals surface area contributed by atoms with Crippen LogP contribution in [0.2, 0.25) is 0 Å². The van der Waals surface area contributed by atoms with Crippen LogP contribution in [0.1, 0.15) is 16.4 Å². The predicted octanol–water partition coefficient (Wildman–Crippen LogP) is 3.55. The Morgan fingerprint density at radius 2 is 2.22 bits per heavy atom. The molecule has 3 rings (SSSR count). The van der Waals surface area contributed by atoms with E-state index >= 15 is 0 Å². The number of rotatable bonds is 3. The van der Waals surface area contributed by atoms with Crippen molar-refractivity contribution in [2.24, 2.45) is 5.92 Å². The summed E-state index contributed by atoms with van der Waals surface area (Å²) < 4.78 is 10.7. The lowest BCUT2D eigenvalue weighted by Gasteiger charge is -2.29. The van der Waals surface area contributed by atoms with Gasteiger partial charge in [0.1, 0.15) is 0 Å². The van der Waals surface area contributed by atoms with Crippen molar-refractivity contribution >= 4 is 41.3 Å². The monoisotopic (exact) mass is 369 g/mol. The Morgan fingerprint density at radius 1 is 1.43 bits per heavy atom. The largest absolute Gasteiger partial charge is 0.504 e. The Morgan fingerprint density at radius 3 is 2.87 bits per heavy atom. The minimum atomic E-state index is -0.327. The molecule has 5 nitrogen and oxygen atoms in total. The highest BCUT2D eigenvalue weighted by atomic mass is 32.2. The second kappa shape index (κ2) is 6.54. The molecule has 122 valence electrons. The molecule has 0 saturated carbocycles. The minimum absolute atomic E-state index is 0.0486. The van der Waals surface area contributed by atoms with Gasteiger partial charge in [0.15, 0.2) is 15.5 Å². The number of aromatic amines is 1. The number of methoxy groups -OCH3 is 2. The number of aromatic nitrogens is 1. The highest BCUT2D eigenvalue weighted by molar-refractivity contribution is 7.99. The van der Waals surface area contributed by atoms with Crippen LogP contribution in [0.4, 0.5) is 0 Å². The van der Waals surface area contributed by atoms with Gasteiger partial charge in [0.25, 0.3) is 0 Å². The molecule has 23 heavy (non-hydrogen) atoms. The van der Waals surface area contributed by atoms with E-state index in [0.29, 0.717) is 15.5 Å². The second-order valence-electron chi connectivity index (χ2n) is 5.06. The van der Waals surface area contributed by atoms with Gasteiger partial charge in [-0.2, -0.15) is 0 Å². The van der Waals surface area contributed by atoms with Gasteiger partial charge in [-0.25, -0.2) is 0 Å². The van der Waals surface area contributed by atoms with Crippen molar-refractivity contribution in [1.29, 1.82) is 0 Å². The first-order valence-electron chi connectivity index (χ1n) is 6.85. The van der Waals surface area contributed by atoms with Gasteiger partial charge < -0.3 is 19.6 Å². The first-order valence-corrected chi connectivity index (χ1v) is 9.06. The van der Waals surface area contributed by atoms with Crippen LogP contribution in [0, 0.1) is 9.87 Å². The van der Waals surface area contributed by atoms with Crippen LogP contribution < -0.4 is 4.74 Å². The summed E-state index contributed by atoms with van der Waals surface area (Å²) in [4.78, 5) is 16.4. The zero-order valence-corrected chi connectivity index (χ0v) is 14.9. The van der Waals surface area contributed by atoms with Crippen LogP contribution in [0.5, 0.6) is 11.5 Å². The molecule has 0 radical (unpaired) electrons. The molecule has 2 heterocycles. The van der Waals surface area contributed by atoms with E-state index in [2.05, 4.69) is 4.98 Å². The average Bonchev–Trinajstić information content (AvgIpc) is 2.93. The Bertz CT molecular complexity index is 798. The first-order chi connectivity index (χ1) is 11.0. The van der Waals surface area contributed by atoms with Crippen LogP contribution in [0.25, 0.3) is 0 Å². The number of aromatic hydroxyl groups is 1. The molecule has 0 amide bonds. The number of nitrogens with one attached hydrogen (secondary N) is 1. The zero-order valence-electron chi connectivity index (χ0n) is 12.5. The number of thioether (sulfide) groups is 1. The number of hydrogen-bond donors (Lipinski definition) is 2. The number of thiazole rings is 1. The van der Waals surface area contributed by atoms with Crippen molar-refractivity contribution in [3.05, 3.63) is 32.6 Å². The SMILES string of the molecule is COC(=O)C1CSc2[nH]c(=S)sc2C1c1ccc(OC)c(O)c1. The topological polar surface area (TPSA) is 71.6 Å². The second-order valence-corrected chi connectivity index (χ2v) is 7.81. The van der Waals surface area contributed by atoms with E-state index < -0.39 is 0 Å². The quantitative estimate of drug-likeness (QED) is 0.637. The Kier molecular flexibility index (Phi) is 4.65. The highest BCUT2D eigenvalue weighted by Gasteiger charge is 2.38. The summed E-state index contributed by atoms with van der Waals surface area (Å²) in [6.07, 6.45) is 0. The molecule has 2 aromatic rings. The number of phenolic OH excluding ortho intramolecular Hbond substituents is 1. The van der Waals surface area contributed by atoms with Crippen molar-refractivity contribution in [2.75, 3.05) is 20.0 Å².